The van der Waals surface area contributed by atoms with E-state index in [9.17, 15) is 0 Å². The summed E-state index contributed by atoms with van der Waals surface area (Å²) in [6.07, 6.45) is 5.95. The molecule has 0 aliphatic heterocycles. The lowest BCUT2D eigenvalue weighted by Crippen LogP contribution is -2.26. The smallest absolute Gasteiger partial charge is 0.227 e. The van der Waals surface area contributed by atoms with Crippen LogP contribution in [0.15, 0.2) is 21.3 Å². The van der Waals surface area contributed by atoms with Crippen molar-refractivity contribution in [2.75, 3.05) is 6.54 Å². The van der Waals surface area contributed by atoms with E-state index in [1.807, 2.05) is 6.92 Å². The van der Waals surface area contributed by atoms with Crippen LogP contribution in [0.25, 0.3) is 0 Å². The van der Waals surface area contributed by atoms with Crippen molar-refractivity contribution < 1.29 is 8.94 Å². The summed E-state index contributed by atoms with van der Waals surface area (Å²) in [6.45, 7) is 2.68. The third-order valence-electron chi connectivity index (χ3n) is 3.35. The summed E-state index contributed by atoms with van der Waals surface area (Å²) in [5.41, 5.74) is 1.31. The molecule has 5 heteroatoms. The second kappa shape index (κ2) is 4.94. The van der Waals surface area contributed by atoms with Crippen LogP contribution >= 0.6 is 0 Å². The fraction of sp³-hybridized carbons (Fsp3) is 0.538. The van der Waals surface area contributed by atoms with E-state index in [1.54, 1.807) is 6.26 Å². The Hall–Kier alpha value is -1.62. The van der Waals surface area contributed by atoms with E-state index in [1.165, 1.54) is 12.0 Å². The molecule has 1 atom stereocenters. The second-order valence-corrected chi connectivity index (χ2v) is 4.68. The van der Waals surface area contributed by atoms with Gasteiger partial charge in [0.15, 0.2) is 5.82 Å². The highest BCUT2D eigenvalue weighted by Gasteiger charge is 2.21. The first-order valence-corrected chi connectivity index (χ1v) is 6.42. The molecule has 0 radical (unpaired) electrons. The molecule has 1 N–H and O–H groups in total. The molecule has 1 unspecified atom stereocenters. The lowest BCUT2D eigenvalue weighted by Gasteiger charge is -2.22. The van der Waals surface area contributed by atoms with Crippen molar-refractivity contribution in [3.05, 3.63) is 35.4 Å². The number of furan rings is 1. The van der Waals surface area contributed by atoms with E-state index >= 15 is 0 Å². The quantitative estimate of drug-likeness (QED) is 0.897. The van der Waals surface area contributed by atoms with Gasteiger partial charge in [-0.2, -0.15) is 4.98 Å². The second-order valence-electron chi connectivity index (χ2n) is 4.68. The Bertz CT molecular complexity index is 518. The van der Waals surface area contributed by atoms with Gasteiger partial charge in [-0.1, -0.05) is 5.16 Å². The van der Waals surface area contributed by atoms with E-state index in [0.29, 0.717) is 17.8 Å². The molecule has 18 heavy (non-hydrogen) atoms. The minimum Gasteiger partial charge on any atom is -0.469 e. The van der Waals surface area contributed by atoms with Gasteiger partial charge in [0.1, 0.15) is 5.76 Å². The fourth-order valence-electron chi connectivity index (χ4n) is 2.49. The molecule has 2 aromatic rings. The van der Waals surface area contributed by atoms with Crippen molar-refractivity contribution >= 4 is 0 Å². The number of aromatic nitrogens is 2. The van der Waals surface area contributed by atoms with Crippen LogP contribution in [-0.4, -0.2) is 16.7 Å². The molecule has 0 amide bonds. The van der Waals surface area contributed by atoms with Crippen LogP contribution in [0.2, 0.25) is 0 Å². The number of hydrogen-bond acceptors (Lipinski definition) is 5. The van der Waals surface area contributed by atoms with E-state index in [4.69, 9.17) is 8.94 Å². The third-order valence-corrected chi connectivity index (χ3v) is 3.35. The maximum absolute atomic E-state index is 5.47. The molecule has 0 saturated heterocycles. The fourth-order valence-corrected chi connectivity index (χ4v) is 2.49. The summed E-state index contributed by atoms with van der Waals surface area (Å²) in [5, 5.41) is 7.31. The van der Waals surface area contributed by atoms with Gasteiger partial charge in [-0.3, -0.25) is 0 Å². The van der Waals surface area contributed by atoms with Crippen molar-refractivity contribution in [1.82, 2.24) is 15.5 Å². The van der Waals surface area contributed by atoms with Gasteiger partial charge in [0.25, 0.3) is 0 Å². The molecular formula is C13H17N3O2. The van der Waals surface area contributed by atoms with Gasteiger partial charge in [0.05, 0.1) is 6.26 Å². The van der Waals surface area contributed by atoms with Crippen LogP contribution in [0, 0.1) is 6.92 Å². The van der Waals surface area contributed by atoms with Gasteiger partial charge >= 0.3 is 0 Å². The Morgan fingerprint density at radius 3 is 3.28 bits per heavy atom. The molecule has 0 spiro atoms. The van der Waals surface area contributed by atoms with Crippen LogP contribution in [0.4, 0.5) is 0 Å². The van der Waals surface area contributed by atoms with E-state index in [0.717, 1.165) is 31.6 Å². The summed E-state index contributed by atoms with van der Waals surface area (Å²) in [6, 6.07) is 2.47. The van der Waals surface area contributed by atoms with Gasteiger partial charge in [-0.25, -0.2) is 0 Å². The number of nitrogens with one attached hydrogen (secondary N) is 1. The summed E-state index contributed by atoms with van der Waals surface area (Å²) < 4.78 is 10.6. The zero-order chi connectivity index (χ0) is 12.4. The molecule has 0 saturated carbocycles. The highest BCUT2D eigenvalue weighted by Crippen LogP contribution is 2.30. The monoisotopic (exact) mass is 247 g/mol. The molecular weight excluding hydrogens is 230 g/mol. The molecule has 1 aliphatic carbocycles. The zero-order valence-corrected chi connectivity index (χ0v) is 10.5. The molecule has 2 heterocycles. The first-order chi connectivity index (χ1) is 8.83. The standard InChI is InChI=1S/C13H17N3O2/c1-9-15-13(18-16-9)5-7-14-11-3-2-4-12-10(11)6-8-17-12/h6,8,11,14H,2-5,7H2,1H3. The van der Waals surface area contributed by atoms with Crippen molar-refractivity contribution in [1.29, 1.82) is 0 Å². The highest BCUT2D eigenvalue weighted by molar-refractivity contribution is 5.23. The number of aryl methyl sites for hydroxylation is 2. The van der Waals surface area contributed by atoms with Crippen LogP contribution < -0.4 is 5.32 Å². The largest absolute Gasteiger partial charge is 0.469 e. The molecule has 3 rings (SSSR count). The summed E-state index contributed by atoms with van der Waals surface area (Å²) in [5.74, 6) is 2.52. The van der Waals surface area contributed by atoms with Crippen LogP contribution in [0.1, 0.15) is 41.9 Å². The predicted octanol–water partition coefficient (Wildman–Crippen LogP) is 2.18. The Morgan fingerprint density at radius 2 is 2.44 bits per heavy atom. The Labute approximate surface area is 106 Å². The predicted molar refractivity (Wildman–Crippen MR) is 65.1 cm³/mol. The van der Waals surface area contributed by atoms with Crippen molar-refractivity contribution in [3.63, 3.8) is 0 Å². The first-order valence-electron chi connectivity index (χ1n) is 6.42. The number of rotatable bonds is 4. The van der Waals surface area contributed by atoms with Gasteiger partial charge in [-0.15, -0.1) is 0 Å². The number of hydrogen-bond donors (Lipinski definition) is 1. The van der Waals surface area contributed by atoms with Crippen molar-refractivity contribution in [2.24, 2.45) is 0 Å². The number of fused-ring (bicyclic) bond motifs is 1. The van der Waals surface area contributed by atoms with E-state index in [-0.39, 0.29) is 0 Å². The Kier molecular flexibility index (Phi) is 3.15. The molecule has 0 aromatic carbocycles. The minimum absolute atomic E-state index is 0.400. The first kappa shape index (κ1) is 11.5. The summed E-state index contributed by atoms with van der Waals surface area (Å²) in [7, 11) is 0. The van der Waals surface area contributed by atoms with E-state index in [2.05, 4.69) is 21.5 Å². The molecule has 0 fully saturated rings. The lowest BCUT2D eigenvalue weighted by atomic mass is 9.93. The lowest BCUT2D eigenvalue weighted by molar-refractivity contribution is 0.363. The van der Waals surface area contributed by atoms with Crippen LogP contribution in [0.5, 0.6) is 0 Å². The van der Waals surface area contributed by atoms with Crippen molar-refractivity contribution in [2.45, 2.75) is 38.6 Å². The minimum atomic E-state index is 0.400. The number of nitrogens with zero attached hydrogens (tertiary/aromatic N) is 2. The maximum atomic E-state index is 5.47. The topological polar surface area (TPSA) is 64.1 Å². The molecule has 5 nitrogen and oxygen atoms in total. The molecule has 1 aliphatic rings. The Morgan fingerprint density at radius 1 is 1.50 bits per heavy atom. The maximum Gasteiger partial charge on any atom is 0.227 e. The van der Waals surface area contributed by atoms with Gasteiger partial charge in [0.2, 0.25) is 5.89 Å². The molecule has 0 bridgehead atoms. The molecule has 2 aromatic heterocycles. The van der Waals surface area contributed by atoms with Crippen molar-refractivity contribution in [3.8, 4) is 0 Å². The summed E-state index contributed by atoms with van der Waals surface area (Å²) in [4.78, 5) is 4.19. The normalized spacial score (nSPS) is 18.8. The summed E-state index contributed by atoms with van der Waals surface area (Å²) >= 11 is 0. The van der Waals surface area contributed by atoms with Gasteiger partial charge < -0.3 is 14.3 Å². The van der Waals surface area contributed by atoms with Crippen LogP contribution in [-0.2, 0) is 12.8 Å². The van der Waals surface area contributed by atoms with Gasteiger partial charge in [-0.05, 0) is 25.8 Å². The SMILES string of the molecule is Cc1noc(CCNC2CCCc3occc32)n1. The highest BCUT2D eigenvalue weighted by atomic mass is 16.5. The average Bonchev–Trinajstić information content (AvgIpc) is 2.98. The van der Waals surface area contributed by atoms with E-state index < -0.39 is 0 Å². The Balaban J connectivity index is 1.55. The van der Waals surface area contributed by atoms with Gasteiger partial charge in [0, 0.05) is 31.0 Å². The zero-order valence-electron chi connectivity index (χ0n) is 10.5. The van der Waals surface area contributed by atoms with Crippen LogP contribution in [0.3, 0.4) is 0 Å². The molecule has 96 valence electrons. The third kappa shape index (κ3) is 2.31. The average molecular weight is 247 g/mol.